The summed E-state index contributed by atoms with van der Waals surface area (Å²) in [5.41, 5.74) is 0.627. The summed E-state index contributed by atoms with van der Waals surface area (Å²) in [6.45, 7) is 0.364. The fourth-order valence-electron chi connectivity index (χ4n) is 1.64. The molecule has 6 heteroatoms. The molecule has 0 spiro atoms. The maximum atomic E-state index is 11.9. The smallest absolute Gasteiger partial charge is 0.246 e. The van der Waals surface area contributed by atoms with Gasteiger partial charge in [0.15, 0.2) is 0 Å². The van der Waals surface area contributed by atoms with E-state index in [0.29, 0.717) is 17.3 Å². The van der Waals surface area contributed by atoms with Gasteiger partial charge in [-0.3, -0.25) is 9.59 Å². The Kier molecular flexibility index (Phi) is 3.69. The lowest BCUT2D eigenvalue weighted by atomic mass is 10.2. The van der Waals surface area contributed by atoms with E-state index in [1.807, 2.05) is 0 Å². The van der Waals surface area contributed by atoms with Crippen molar-refractivity contribution in [3.8, 4) is 0 Å². The van der Waals surface area contributed by atoms with Gasteiger partial charge in [0.1, 0.15) is 0 Å². The average Bonchev–Trinajstić information content (AvgIpc) is 2.46. The Morgan fingerprint density at radius 1 is 1.35 bits per heavy atom. The normalized spacial score (nSPS) is 16.7. The van der Waals surface area contributed by atoms with Crippen LogP contribution in [0, 0.1) is 0 Å². The zero-order chi connectivity index (χ0) is 12.4. The average molecular weight is 318 g/mol. The molecule has 1 N–H and O–H groups in total. The summed E-state index contributed by atoms with van der Waals surface area (Å²) >= 11 is 9.40. The van der Waals surface area contributed by atoms with E-state index in [-0.39, 0.29) is 24.8 Å². The predicted octanol–water partition coefficient (Wildman–Crippen LogP) is 1.96. The zero-order valence-electron chi connectivity index (χ0n) is 8.87. The lowest BCUT2D eigenvalue weighted by Crippen LogP contribution is -2.35. The van der Waals surface area contributed by atoms with E-state index in [9.17, 15) is 9.59 Å². The second kappa shape index (κ2) is 5.06. The van der Waals surface area contributed by atoms with Gasteiger partial charge in [-0.15, -0.1) is 0 Å². The number of carbonyl (C=O) groups is 2. The Morgan fingerprint density at radius 3 is 2.88 bits per heavy atom. The molecule has 1 aromatic carbocycles. The SMILES string of the molecule is O=C1CCN(c2cc(Br)ccc2Cl)C(=O)CN1. The molecule has 0 aromatic heterocycles. The van der Waals surface area contributed by atoms with Crippen molar-refractivity contribution >= 4 is 45.0 Å². The van der Waals surface area contributed by atoms with Crippen molar-refractivity contribution in [2.75, 3.05) is 18.0 Å². The van der Waals surface area contributed by atoms with Crippen LogP contribution in [-0.4, -0.2) is 24.9 Å². The summed E-state index contributed by atoms with van der Waals surface area (Å²) in [6, 6.07) is 5.29. The Labute approximate surface area is 112 Å². The fraction of sp³-hybridized carbons (Fsp3) is 0.273. The Balaban J connectivity index is 2.34. The van der Waals surface area contributed by atoms with Crippen LogP contribution >= 0.6 is 27.5 Å². The quantitative estimate of drug-likeness (QED) is 0.861. The lowest BCUT2D eigenvalue weighted by Gasteiger charge is -2.21. The maximum absolute atomic E-state index is 11.9. The summed E-state index contributed by atoms with van der Waals surface area (Å²) in [7, 11) is 0. The molecule has 0 bridgehead atoms. The molecule has 0 unspecified atom stereocenters. The number of nitrogens with zero attached hydrogens (tertiary/aromatic N) is 1. The third kappa shape index (κ3) is 2.79. The van der Waals surface area contributed by atoms with E-state index < -0.39 is 0 Å². The highest BCUT2D eigenvalue weighted by Gasteiger charge is 2.23. The number of halogens is 2. The monoisotopic (exact) mass is 316 g/mol. The first kappa shape index (κ1) is 12.4. The molecule has 2 amide bonds. The van der Waals surface area contributed by atoms with E-state index in [4.69, 9.17) is 11.6 Å². The van der Waals surface area contributed by atoms with Crippen molar-refractivity contribution in [3.63, 3.8) is 0 Å². The maximum Gasteiger partial charge on any atom is 0.246 e. The van der Waals surface area contributed by atoms with Crippen molar-refractivity contribution in [2.24, 2.45) is 0 Å². The van der Waals surface area contributed by atoms with E-state index in [2.05, 4.69) is 21.2 Å². The molecule has 1 heterocycles. The molecule has 4 nitrogen and oxygen atoms in total. The minimum atomic E-state index is -0.157. The van der Waals surface area contributed by atoms with Crippen LogP contribution in [0.3, 0.4) is 0 Å². The predicted molar refractivity (Wildman–Crippen MR) is 69.1 cm³/mol. The van der Waals surface area contributed by atoms with E-state index in [1.165, 1.54) is 4.90 Å². The second-order valence-electron chi connectivity index (χ2n) is 3.67. The molecule has 1 aromatic rings. The topological polar surface area (TPSA) is 49.4 Å². The van der Waals surface area contributed by atoms with Crippen LogP contribution in [0.4, 0.5) is 5.69 Å². The molecule has 2 rings (SSSR count). The van der Waals surface area contributed by atoms with E-state index >= 15 is 0 Å². The molecule has 0 aliphatic carbocycles. The molecule has 0 saturated carbocycles. The van der Waals surface area contributed by atoms with Gasteiger partial charge >= 0.3 is 0 Å². The Bertz CT molecular complexity index is 479. The fourth-order valence-corrected chi connectivity index (χ4v) is 2.21. The van der Waals surface area contributed by atoms with E-state index in [0.717, 1.165) is 4.47 Å². The number of rotatable bonds is 1. The molecule has 1 aliphatic heterocycles. The van der Waals surface area contributed by atoms with Gasteiger partial charge in [-0.05, 0) is 18.2 Å². The largest absolute Gasteiger partial charge is 0.347 e. The standard InChI is InChI=1S/C11H10BrClN2O2/c12-7-1-2-8(13)9(5-7)15-4-3-10(16)14-6-11(15)17/h1-2,5H,3-4,6H2,(H,14,16). The van der Waals surface area contributed by atoms with Crippen LogP contribution in [0.2, 0.25) is 5.02 Å². The highest BCUT2D eigenvalue weighted by Crippen LogP contribution is 2.29. The van der Waals surface area contributed by atoms with Gasteiger partial charge in [0, 0.05) is 17.4 Å². The van der Waals surface area contributed by atoms with Gasteiger partial charge in [0.25, 0.3) is 0 Å². The number of amides is 2. The summed E-state index contributed by atoms with van der Waals surface area (Å²) in [6.07, 6.45) is 0.286. The number of hydrogen-bond acceptors (Lipinski definition) is 2. The number of carbonyl (C=O) groups excluding carboxylic acids is 2. The first-order valence-electron chi connectivity index (χ1n) is 5.10. The number of hydrogen-bond donors (Lipinski definition) is 1. The number of nitrogens with one attached hydrogen (secondary N) is 1. The van der Waals surface area contributed by atoms with Crippen molar-refractivity contribution in [1.82, 2.24) is 5.32 Å². The summed E-state index contributed by atoms with van der Waals surface area (Å²) in [5, 5.41) is 3.04. The van der Waals surface area contributed by atoms with Crippen molar-refractivity contribution in [1.29, 1.82) is 0 Å². The second-order valence-corrected chi connectivity index (χ2v) is 4.99. The molecular formula is C11H10BrClN2O2. The molecule has 1 saturated heterocycles. The summed E-state index contributed by atoms with van der Waals surface area (Å²) < 4.78 is 0.841. The molecule has 1 aliphatic rings. The van der Waals surface area contributed by atoms with Crippen LogP contribution in [0.5, 0.6) is 0 Å². The Morgan fingerprint density at radius 2 is 2.12 bits per heavy atom. The molecule has 0 atom stereocenters. The highest BCUT2D eigenvalue weighted by molar-refractivity contribution is 9.10. The first-order chi connectivity index (χ1) is 8.08. The van der Waals surface area contributed by atoms with Crippen LogP contribution in [-0.2, 0) is 9.59 Å². The molecule has 1 fully saturated rings. The molecule has 17 heavy (non-hydrogen) atoms. The zero-order valence-corrected chi connectivity index (χ0v) is 11.2. The van der Waals surface area contributed by atoms with Crippen molar-refractivity contribution in [2.45, 2.75) is 6.42 Å². The third-order valence-corrected chi connectivity index (χ3v) is 3.31. The van der Waals surface area contributed by atoms with Gasteiger partial charge in [0.05, 0.1) is 17.3 Å². The van der Waals surface area contributed by atoms with Crippen LogP contribution < -0.4 is 10.2 Å². The van der Waals surface area contributed by atoms with Gasteiger partial charge in [-0.2, -0.15) is 0 Å². The minimum absolute atomic E-state index is 0.0156. The van der Waals surface area contributed by atoms with Crippen LogP contribution in [0.25, 0.3) is 0 Å². The molecule has 0 radical (unpaired) electrons. The van der Waals surface area contributed by atoms with Gasteiger partial charge in [0.2, 0.25) is 11.8 Å². The van der Waals surface area contributed by atoms with Gasteiger partial charge < -0.3 is 10.2 Å². The highest BCUT2D eigenvalue weighted by atomic mass is 79.9. The number of benzene rings is 1. The van der Waals surface area contributed by atoms with Gasteiger partial charge in [-0.25, -0.2) is 0 Å². The summed E-state index contributed by atoms with van der Waals surface area (Å²) in [4.78, 5) is 24.6. The lowest BCUT2D eigenvalue weighted by molar-refractivity contribution is -0.123. The van der Waals surface area contributed by atoms with Crippen molar-refractivity contribution in [3.05, 3.63) is 27.7 Å². The minimum Gasteiger partial charge on any atom is -0.347 e. The van der Waals surface area contributed by atoms with Gasteiger partial charge in [-0.1, -0.05) is 27.5 Å². The number of anilines is 1. The molecular weight excluding hydrogens is 307 g/mol. The summed E-state index contributed by atoms with van der Waals surface area (Å²) in [5.74, 6) is -0.275. The van der Waals surface area contributed by atoms with Crippen LogP contribution in [0.15, 0.2) is 22.7 Å². The first-order valence-corrected chi connectivity index (χ1v) is 6.27. The van der Waals surface area contributed by atoms with Crippen molar-refractivity contribution < 1.29 is 9.59 Å². The van der Waals surface area contributed by atoms with E-state index in [1.54, 1.807) is 18.2 Å². The van der Waals surface area contributed by atoms with Crippen LogP contribution in [0.1, 0.15) is 6.42 Å². The Hall–Kier alpha value is -1.07. The third-order valence-electron chi connectivity index (χ3n) is 2.50. The molecule has 90 valence electrons.